The van der Waals surface area contributed by atoms with Crippen molar-refractivity contribution in [3.8, 4) is 11.4 Å². The van der Waals surface area contributed by atoms with Crippen LogP contribution in [-0.2, 0) is 6.54 Å². The van der Waals surface area contributed by atoms with Crippen LogP contribution in [0.15, 0.2) is 73.1 Å². The molecule has 2 aromatic heterocycles. The molecule has 2 aromatic carbocycles. The highest BCUT2D eigenvalue weighted by atomic mass is 16.1. The number of nitrogens with zero attached hydrogens (tertiary/aromatic N) is 3. The number of para-hydroxylation sites is 1. The van der Waals surface area contributed by atoms with Gasteiger partial charge < -0.3 is 10.6 Å². The molecular formula is C22H19N5O. The summed E-state index contributed by atoms with van der Waals surface area (Å²) in [6.45, 7) is 0.585. The highest BCUT2D eigenvalue weighted by Gasteiger charge is 2.09. The molecule has 0 radical (unpaired) electrons. The minimum absolute atomic E-state index is 0.0950. The molecule has 6 heteroatoms. The second kappa shape index (κ2) is 7.84. The number of carbonyl (C=O) groups is 1. The number of anilines is 1. The Morgan fingerprint density at radius 1 is 0.964 bits per heavy atom. The van der Waals surface area contributed by atoms with Crippen LogP contribution in [0.3, 0.4) is 0 Å². The summed E-state index contributed by atoms with van der Waals surface area (Å²) in [7, 11) is 1.62. The first-order valence-corrected chi connectivity index (χ1v) is 8.96. The van der Waals surface area contributed by atoms with Crippen LogP contribution in [0.4, 0.5) is 5.82 Å². The van der Waals surface area contributed by atoms with Gasteiger partial charge in [-0.05, 0) is 42.0 Å². The zero-order valence-electron chi connectivity index (χ0n) is 15.4. The molecule has 138 valence electrons. The highest BCUT2D eigenvalue weighted by molar-refractivity contribution is 5.94. The van der Waals surface area contributed by atoms with Crippen molar-refractivity contribution in [2.75, 3.05) is 12.4 Å². The van der Waals surface area contributed by atoms with E-state index in [1.165, 1.54) is 0 Å². The second-order valence-electron chi connectivity index (χ2n) is 6.28. The number of aromatic nitrogens is 3. The summed E-state index contributed by atoms with van der Waals surface area (Å²) in [5, 5.41) is 6.98. The molecule has 4 rings (SSSR count). The van der Waals surface area contributed by atoms with E-state index in [2.05, 4.69) is 20.6 Å². The van der Waals surface area contributed by atoms with Crippen LogP contribution < -0.4 is 10.6 Å². The van der Waals surface area contributed by atoms with E-state index >= 15 is 0 Å². The van der Waals surface area contributed by atoms with Gasteiger partial charge in [0.1, 0.15) is 5.82 Å². The maximum Gasteiger partial charge on any atom is 0.251 e. The number of carbonyl (C=O) groups excluding carboxylic acids is 1. The van der Waals surface area contributed by atoms with Gasteiger partial charge in [0, 0.05) is 42.5 Å². The quantitative estimate of drug-likeness (QED) is 0.561. The van der Waals surface area contributed by atoms with Crippen molar-refractivity contribution in [1.29, 1.82) is 0 Å². The summed E-state index contributed by atoms with van der Waals surface area (Å²) >= 11 is 0. The Bertz CT molecular complexity index is 1110. The molecule has 6 nitrogen and oxygen atoms in total. The minimum atomic E-state index is -0.0950. The summed E-state index contributed by atoms with van der Waals surface area (Å²) in [6.07, 6.45) is 3.48. The van der Waals surface area contributed by atoms with E-state index in [1.54, 1.807) is 19.4 Å². The fourth-order valence-electron chi connectivity index (χ4n) is 2.94. The van der Waals surface area contributed by atoms with E-state index in [0.29, 0.717) is 17.9 Å². The number of benzene rings is 2. The summed E-state index contributed by atoms with van der Waals surface area (Å²) < 4.78 is 0. The van der Waals surface area contributed by atoms with Crippen LogP contribution in [-0.4, -0.2) is 27.9 Å². The van der Waals surface area contributed by atoms with Crippen LogP contribution in [0.1, 0.15) is 15.9 Å². The fraction of sp³-hybridized carbons (Fsp3) is 0.0909. The Morgan fingerprint density at radius 2 is 1.79 bits per heavy atom. The molecule has 0 saturated heterocycles. The molecule has 4 aromatic rings. The maximum absolute atomic E-state index is 11.7. The number of pyridine rings is 1. The number of nitrogens with one attached hydrogen (secondary N) is 2. The SMILES string of the molecule is CNC(=O)c1ccc(CNc2nc(-c3cccnc3)nc3ccccc23)cc1. The van der Waals surface area contributed by atoms with E-state index in [4.69, 9.17) is 4.98 Å². The number of fused-ring (bicyclic) bond motifs is 1. The van der Waals surface area contributed by atoms with Crippen LogP contribution >= 0.6 is 0 Å². The predicted molar refractivity (Wildman–Crippen MR) is 110 cm³/mol. The first-order valence-electron chi connectivity index (χ1n) is 8.96. The Hall–Kier alpha value is -3.80. The third-order valence-electron chi connectivity index (χ3n) is 4.43. The van der Waals surface area contributed by atoms with Gasteiger partial charge in [-0.2, -0.15) is 0 Å². The lowest BCUT2D eigenvalue weighted by molar-refractivity contribution is 0.0963. The van der Waals surface area contributed by atoms with Crippen molar-refractivity contribution >= 4 is 22.6 Å². The molecule has 2 N–H and O–H groups in total. The normalized spacial score (nSPS) is 10.6. The van der Waals surface area contributed by atoms with Crippen molar-refractivity contribution in [2.45, 2.75) is 6.54 Å². The van der Waals surface area contributed by atoms with E-state index in [0.717, 1.165) is 27.8 Å². The lowest BCUT2D eigenvalue weighted by atomic mass is 10.1. The molecule has 0 fully saturated rings. The summed E-state index contributed by atoms with van der Waals surface area (Å²) in [4.78, 5) is 25.2. The van der Waals surface area contributed by atoms with Gasteiger partial charge in [-0.15, -0.1) is 0 Å². The topological polar surface area (TPSA) is 79.8 Å². The Labute approximate surface area is 162 Å². The average molecular weight is 369 g/mol. The average Bonchev–Trinajstić information content (AvgIpc) is 2.77. The third-order valence-corrected chi connectivity index (χ3v) is 4.43. The zero-order chi connectivity index (χ0) is 19.3. The largest absolute Gasteiger partial charge is 0.365 e. The molecule has 28 heavy (non-hydrogen) atoms. The van der Waals surface area contributed by atoms with Gasteiger partial charge in [-0.3, -0.25) is 9.78 Å². The van der Waals surface area contributed by atoms with E-state index < -0.39 is 0 Å². The third kappa shape index (κ3) is 3.66. The first kappa shape index (κ1) is 17.6. The van der Waals surface area contributed by atoms with Crippen molar-refractivity contribution in [1.82, 2.24) is 20.3 Å². The molecule has 0 aliphatic rings. The van der Waals surface area contributed by atoms with Gasteiger partial charge >= 0.3 is 0 Å². The van der Waals surface area contributed by atoms with Gasteiger partial charge in [0.05, 0.1) is 5.52 Å². The predicted octanol–water partition coefficient (Wildman–Crippen LogP) is 3.66. The number of hydrogen-bond donors (Lipinski definition) is 2. The van der Waals surface area contributed by atoms with E-state index in [9.17, 15) is 4.79 Å². The molecule has 0 spiro atoms. The van der Waals surface area contributed by atoms with Crippen molar-refractivity contribution in [3.63, 3.8) is 0 Å². The van der Waals surface area contributed by atoms with Crippen LogP contribution in [0.2, 0.25) is 0 Å². The van der Waals surface area contributed by atoms with E-state index in [-0.39, 0.29) is 5.91 Å². The monoisotopic (exact) mass is 369 g/mol. The van der Waals surface area contributed by atoms with Crippen LogP contribution in [0.5, 0.6) is 0 Å². The van der Waals surface area contributed by atoms with Crippen LogP contribution in [0.25, 0.3) is 22.3 Å². The van der Waals surface area contributed by atoms with Gasteiger partial charge in [-0.1, -0.05) is 24.3 Å². The summed E-state index contributed by atoms with van der Waals surface area (Å²) in [5.41, 5.74) is 3.43. The van der Waals surface area contributed by atoms with Crippen molar-refractivity contribution in [3.05, 3.63) is 84.2 Å². The number of amides is 1. The summed E-state index contributed by atoms with van der Waals surface area (Å²) in [6, 6.07) is 19.2. The minimum Gasteiger partial charge on any atom is -0.365 e. The lowest BCUT2D eigenvalue weighted by Gasteiger charge is -2.11. The maximum atomic E-state index is 11.7. The lowest BCUT2D eigenvalue weighted by Crippen LogP contribution is -2.17. The van der Waals surface area contributed by atoms with Gasteiger partial charge in [-0.25, -0.2) is 9.97 Å². The molecular weight excluding hydrogens is 350 g/mol. The van der Waals surface area contributed by atoms with E-state index in [1.807, 2.05) is 60.7 Å². The molecule has 0 atom stereocenters. The standard InChI is InChI=1S/C22H19N5O/c1-23-22(28)16-10-8-15(9-11-16)13-25-21-18-6-2-3-7-19(18)26-20(27-21)17-5-4-12-24-14-17/h2-12,14H,13H2,1H3,(H,23,28)(H,25,26,27). The van der Waals surface area contributed by atoms with Gasteiger partial charge in [0.15, 0.2) is 5.82 Å². The molecule has 0 bridgehead atoms. The number of rotatable bonds is 5. The van der Waals surface area contributed by atoms with Crippen LogP contribution in [0, 0.1) is 0 Å². The van der Waals surface area contributed by atoms with Crippen molar-refractivity contribution in [2.24, 2.45) is 0 Å². The highest BCUT2D eigenvalue weighted by Crippen LogP contribution is 2.24. The Kier molecular flexibility index (Phi) is 4.93. The second-order valence-corrected chi connectivity index (χ2v) is 6.28. The fourth-order valence-corrected chi connectivity index (χ4v) is 2.94. The zero-order valence-corrected chi connectivity index (χ0v) is 15.4. The number of hydrogen-bond acceptors (Lipinski definition) is 5. The molecule has 0 aliphatic heterocycles. The molecule has 2 heterocycles. The molecule has 0 unspecified atom stereocenters. The molecule has 0 aliphatic carbocycles. The smallest absolute Gasteiger partial charge is 0.251 e. The van der Waals surface area contributed by atoms with Gasteiger partial charge in [0.2, 0.25) is 0 Å². The first-order chi connectivity index (χ1) is 13.7. The summed E-state index contributed by atoms with van der Waals surface area (Å²) in [5.74, 6) is 1.30. The Morgan fingerprint density at radius 3 is 2.54 bits per heavy atom. The van der Waals surface area contributed by atoms with Gasteiger partial charge in [0.25, 0.3) is 5.91 Å². The molecule has 1 amide bonds. The van der Waals surface area contributed by atoms with Crippen molar-refractivity contribution < 1.29 is 4.79 Å². The Balaban J connectivity index is 1.63. The molecule has 0 saturated carbocycles.